The molecule has 0 unspecified atom stereocenters. The van der Waals surface area contributed by atoms with Crippen molar-refractivity contribution in [3.63, 3.8) is 0 Å². The van der Waals surface area contributed by atoms with Crippen LogP contribution in [0.3, 0.4) is 0 Å². The van der Waals surface area contributed by atoms with Gasteiger partial charge in [-0.05, 0) is 36.2 Å². The monoisotopic (exact) mass is 321 g/mol. The predicted octanol–water partition coefficient (Wildman–Crippen LogP) is 4.76. The van der Waals surface area contributed by atoms with Crippen LogP contribution >= 0.6 is 27.7 Å². The normalized spacial score (nSPS) is 12.4. The number of thioether (sulfide) groups is 1. The van der Waals surface area contributed by atoms with Crippen molar-refractivity contribution in [2.24, 2.45) is 5.73 Å². The summed E-state index contributed by atoms with van der Waals surface area (Å²) in [5.41, 5.74) is 8.45. The molecule has 0 heterocycles. The van der Waals surface area contributed by atoms with Crippen LogP contribution in [0.25, 0.3) is 0 Å². The summed E-state index contributed by atoms with van der Waals surface area (Å²) in [7, 11) is 0. The van der Waals surface area contributed by atoms with Crippen molar-refractivity contribution >= 4 is 27.7 Å². The minimum atomic E-state index is 0.0525. The highest BCUT2D eigenvalue weighted by molar-refractivity contribution is 9.10. The van der Waals surface area contributed by atoms with Crippen molar-refractivity contribution in [3.8, 4) is 0 Å². The largest absolute Gasteiger partial charge is 0.324 e. The summed E-state index contributed by atoms with van der Waals surface area (Å²) in [6, 6.07) is 16.9. The highest BCUT2D eigenvalue weighted by Crippen LogP contribution is 2.29. The van der Waals surface area contributed by atoms with E-state index in [0.717, 1.165) is 15.8 Å². The van der Waals surface area contributed by atoms with E-state index < -0.39 is 0 Å². The van der Waals surface area contributed by atoms with E-state index in [4.69, 9.17) is 5.73 Å². The molecule has 2 rings (SSSR count). The first kappa shape index (κ1) is 13.7. The Kier molecular flexibility index (Phi) is 4.87. The van der Waals surface area contributed by atoms with Crippen LogP contribution in [0.2, 0.25) is 0 Å². The molecule has 0 bridgehead atoms. The standard InChI is InChI=1S/C15H16BrNS/c1-11(17)14-9-13(7-8-15(14)16)18-10-12-5-3-2-4-6-12/h2-9,11H,10,17H2,1H3/t11-/m1/s1. The number of halogens is 1. The molecule has 0 radical (unpaired) electrons. The lowest BCUT2D eigenvalue weighted by molar-refractivity contribution is 0.809. The number of hydrogen-bond acceptors (Lipinski definition) is 2. The Morgan fingerprint density at radius 2 is 1.89 bits per heavy atom. The maximum absolute atomic E-state index is 5.95. The molecule has 0 aromatic heterocycles. The van der Waals surface area contributed by atoms with Gasteiger partial charge in [0.2, 0.25) is 0 Å². The van der Waals surface area contributed by atoms with Crippen molar-refractivity contribution in [1.29, 1.82) is 0 Å². The summed E-state index contributed by atoms with van der Waals surface area (Å²) >= 11 is 5.38. The first-order valence-electron chi connectivity index (χ1n) is 5.88. The van der Waals surface area contributed by atoms with Crippen LogP contribution in [0.15, 0.2) is 57.9 Å². The van der Waals surface area contributed by atoms with E-state index in [1.54, 1.807) is 0 Å². The first-order chi connectivity index (χ1) is 8.66. The van der Waals surface area contributed by atoms with Gasteiger partial charge in [0.1, 0.15) is 0 Å². The molecular weight excluding hydrogens is 306 g/mol. The Balaban J connectivity index is 2.08. The van der Waals surface area contributed by atoms with E-state index in [2.05, 4.69) is 58.4 Å². The van der Waals surface area contributed by atoms with E-state index in [-0.39, 0.29) is 6.04 Å². The van der Waals surface area contributed by atoms with Gasteiger partial charge >= 0.3 is 0 Å². The lowest BCUT2D eigenvalue weighted by atomic mass is 10.1. The Morgan fingerprint density at radius 3 is 2.56 bits per heavy atom. The van der Waals surface area contributed by atoms with Crippen LogP contribution in [0, 0.1) is 0 Å². The number of nitrogens with two attached hydrogens (primary N) is 1. The highest BCUT2D eigenvalue weighted by atomic mass is 79.9. The second-order valence-electron chi connectivity index (χ2n) is 4.25. The molecule has 0 aliphatic carbocycles. The molecule has 2 aromatic carbocycles. The third kappa shape index (κ3) is 3.61. The van der Waals surface area contributed by atoms with Gasteiger partial charge in [-0.25, -0.2) is 0 Å². The van der Waals surface area contributed by atoms with Gasteiger partial charge in [0.05, 0.1) is 0 Å². The average Bonchev–Trinajstić information content (AvgIpc) is 2.38. The Morgan fingerprint density at radius 1 is 1.17 bits per heavy atom. The minimum absolute atomic E-state index is 0.0525. The third-order valence-electron chi connectivity index (χ3n) is 2.71. The van der Waals surface area contributed by atoms with E-state index >= 15 is 0 Å². The molecule has 2 N–H and O–H groups in total. The van der Waals surface area contributed by atoms with Gasteiger partial charge in [-0.2, -0.15) is 0 Å². The summed E-state index contributed by atoms with van der Waals surface area (Å²) in [5, 5.41) is 0. The molecule has 18 heavy (non-hydrogen) atoms. The van der Waals surface area contributed by atoms with Crippen LogP contribution < -0.4 is 5.73 Å². The van der Waals surface area contributed by atoms with E-state index in [0.29, 0.717) is 0 Å². The van der Waals surface area contributed by atoms with E-state index in [1.165, 1.54) is 10.5 Å². The quantitative estimate of drug-likeness (QED) is 0.821. The van der Waals surface area contributed by atoms with Crippen LogP contribution in [0.1, 0.15) is 24.1 Å². The van der Waals surface area contributed by atoms with Crippen molar-refractivity contribution in [3.05, 3.63) is 64.1 Å². The molecule has 3 heteroatoms. The van der Waals surface area contributed by atoms with Gasteiger partial charge < -0.3 is 5.73 Å². The molecule has 0 saturated carbocycles. The zero-order chi connectivity index (χ0) is 13.0. The van der Waals surface area contributed by atoms with Crippen LogP contribution in [-0.2, 0) is 5.75 Å². The lowest BCUT2D eigenvalue weighted by Crippen LogP contribution is -2.05. The second-order valence-corrected chi connectivity index (χ2v) is 6.15. The zero-order valence-electron chi connectivity index (χ0n) is 10.3. The molecule has 0 amide bonds. The molecule has 0 fully saturated rings. The number of hydrogen-bond donors (Lipinski definition) is 1. The SMILES string of the molecule is C[C@@H](N)c1cc(SCc2ccccc2)ccc1Br. The molecule has 1 nitrogen and oxygen atoms in total. The van der Waals surface area contributed by atoms with Gasteiger partial charge in [0.25, 0.3) is 0 Å². The van der Waals surface area contributed by atoms with E-state index in [1.807, 2.05) is 24.8 Å². The first-order valence-corrected chi connectivity index (χ1v) is 7.66. The summed E-state index contributed by atoms with van der Waals surface area (Å²) < 4.78 is 1.08. The molecule has 0 aliphatic heterocycles. The van der Waals surface area contributed by atoms with Crippen LogP contribution in [0.5, 0.6) is 0 Å². The van der Waals surface area contributed by atoms with Gasteiger partial charge in [0, 0.05) is 21.2 Å². The molecule has 2 aromatic rings. The fourth-order valence-corrected chi connectivity index (χ4v) is 3.21. The van der Waals surface area contributed by atoms with Gasteiger partial charge in [0.15, 0.2) is 0 Å². The zero-order valence-corrected chi connectivity index (χ0v) is 12.7. The van der Waals surface area contributed by atoms with Gasteiger partial charge in [-0.3, -0.25) is 0 Å². The highest BCUT2D eigenvalue weighted by Gasteiger charge is 2.06. The lowest BCUT2D eigenvalue weighted by Gasteiger charge is -2.10. The predicted molar refractivity (Wildman–Crippen MR) is 82.7 cm³/mol. The molecule has 1 atom stereocenters. The summed E-state index contributed by atoms with van der Waals surface area (Å²) in [5.74, 6) is 0.987. The summed E-state index contributed by atoms with van der Waals surface area (Å²) in [6.07, 6.45) is 0. The molecule has 0 saturated heterocycles. The molecule has 94 valence electrons. The van der Waals surface area contributed by atoms with Gasteiger partial charge in [-0.1, -0.05) is 46.3 Å². The topological polar surface area (TPSA) is 26.0 Å². The van der Waals surface area contributed by atoms with Crippen molar-refractivity contribution in [2.75, 3.05) is 0 Å². The maximum Gasteiger partial charge on any atom is 0.0277 e. The summed E-state index contributed by atoms with van der Waals surface area (Å²) in [4.78, 5) is 1.26. The summed E-state index contributed by atoms with van der Waals surface area (Å²) in [6.45, 7) is 2.01. The van der Waals surface area contributed by atoms with Crippen LogP contribution in [0.4, 0.5) is 0 Å². The van der Waals surface area contributed by atoms with Crippen molar-refractivity contribution in [1.82, 2.24) is 0 Å². The number of rotatable bonds is 4. The Bertz CT molecular complexity index is 511. The Hall–Kier alpha value is -0.770. The van der Waals surface area contributed by atoms with Crippen molar-refractivity contribution < 1.29 is 0 Å². The fourth-order valence-electron chi connectivity index (χ4n) is 1.70. The van der Waals surface area contributed by atoms with E-state index in [9.17, 15) is 0 Å². The third-order valence-corrected chi connectivity index (χ3v) is 4.49. The minimum Gasteiger partial charge on any atom is -0.324 e. The van der Waals surface area contributed by atoms with Crippen LogP contribution in [-0.4, -0.2) is 0 Å². The molecular formula is C15H16BrNS. The average molecular weight is 322 g/mol. The van der Waals surface area contributed by atoms with Crippen molar-refractivity contribution in [2.45, 2.75) is 23.6 Å². The molecule has 0 spiro atoms. The van der Waals surface area contributed by atoms with Gasteiger partial charge in [-0.15, -0.1) is 11.8 Å². The number of benzene rings is 2. The smallest absolute Gasteiger partial charge is 0.0277 e. The molecule has 0 aliphatic rings. The Labute approximate surface area is 121 Å². The maximum atomic E-state index is 5.95. The second kappa shape index (κ2) is 6.41. The fraction of sp³-hybridized carbons (Fsp3) is 0.200.